The Bertz CT molecular complexity index is 1310. The van der Waals surface area contributed by atoms with E-state index in [1.165, 1.54) is 6.42 Å². The van der Waals surface area contributed by atoms with E-state index in [4.69, 9.17) is 9.47 Å². The van der Waals surface area contributed by atoms with E-state index in [9.17, 15) is 19.8 Å². The zero-order valence-corrected chi connectivity index (χ0v) is 25.7. The molecule has 1 heterocycles. The monoisotopic (exact) mass is 590 g/mol. The Balaban J connectivity index is 1.47. The molecule has 7 atom stereocenters. The molecule has 0 aromatic heterocycles. The lowest BCUT2D eigenvalue weighted by atomic mass is 9.75. The van der Waals surface area contributed by atoms with Gasteiger partial charge in [0.05, 0.1) is 24.7 Å². The second-order valence-corrected chi connectivity index (χ2v) is 12.9. The van der Waals surface area contributed by atoms with Gasteiger partial charge in [0.15, 0.2) is 0 Å². The normalized spacial score (nSPS) is 28.0. The van der Waals surface area contributed by atoms with E-state index in [2.05, 4.69) is 26.1 Å². The number of aliphatic hydroxyl groups excluding tert-OH is 2. The molecule has 0 spiro atoms. The molecule has 232 valence electrons. The third kappa shape index (κ3) is 6.82. The van der Waals surface area contributed by atoms with E-state index in [0.717, 1.165) is 29.5 Å². The van der Waals surface area contributed by atoms with Gasteiger partial charge in [0, 0.05) is 24.2 Å². The van der Waals surface area contributed by atoms with Crippen LogP contribution < -0.4 is 10.1 Å². The molecular formula is C35H46N2O6. The number of fused-ring (bicyclic) bond motifs is 3. The Morgan fingerprint density at radius 3 is 2.58 bits per heavy atom. The van der Waals surface area contributed by atoms with Crippen LogP contribution in [0.4, 0.5) is 0 Å². The van der Waals surface area contributed by atoms with Crippen molar-refractivity contribution in [3.63, 3.8) is 0 Å². The molecule has 8 nitrogen and oxygen atoms in total. The standard InChI is InChI=1S/C35H46N2O6/c1-21(2)25-14-11-23(4)17-30(25)42-20-31(39)37(19-24-12-9-22(3)10-13-24)28-18-27(35(41)36-15-16-38)32-26-7-5-6-8-29(26)43-34(32)33(28)40/h5-10,12-13,18,21,23,25,28,30,32-34,38,40H,11,14-17,19-20H2,1-4H3,(H,36,41). The fourth-order valence-electron chi connectivity index (χ4n) is 7.01. The summed E-state index contributed by atoms with van der Waals surface area (Å²) in [6.45, 7) is 8.71. The number of rotatable bonds is 10. The highest BCUT2D eigenvalue weighted by Crippen LogP contribution is 2.47. The summed E-state index contributed by atoms with van der Waals surface area (Å²) >= 11 is 0. The summed E-state index contributed by atoms with van der Waals surface area (Å²) in [6.07, 6.45) is 3.06. The van der Waals surface area contributed by atoms with Crippen LogP contribution in [0.1, 0.15) is 62.6 Å². The number of aliphatic hydroxyl groups is 2. The molecule has 3 N–H and O–H groups in total. The molecule has 5 rings (SSSR count). The average molecular weight is 591 g/mol. The van der Waals surface area contributed by atoms with Crippen LogP contribution in [0.15, 0.2) is 60.2 Å². The molecule has 0 radical (unpaired) electrons. The molecule has 1 fully saturated rings. The lowest BCUT2D eigenvalue weighted by molar-refractivity contribution is -0.148. The van der Waals surface area contributed by atoms with Gasteiger partial charge < -0.3 is 29.9 Å². The van der Waals surface area contributed by atoms with Gasteiger partial charge in [0.2, 0.25) is 11.8 Å². The Kier molecular flexibility index (Phi) is 9.89. The van der Waals surface area contributed by atoms with Crippen molar-refractivity contribution in [2.45, 2.75) is 83.8 Å². The third-order valence-corrected chi connectivity index (χ3v) is 9.41. The van der Waals surface area contributed by atoms with Crippen molar-refractivity contribution in [3.8, 4) is 5.75 Å². The van der Waals surface area contributed by atoms with E-state index in [0.29, 0.717) is 29.1 Å². The number of hydrogen-bond donors (Lipinski definition) is 3. The number of aryl methyl sites for hydroxylation is 1. The first kappa shape index (κ1) is 31.2. The van der Waals surface area contributed by atoms with Gasteiger partial charge in [0.1, 0.15) is 24.6 Å². The first-order valence-corrected chi connectivity index (χ1v) is 15.7. The van der Waals surface area contributed by atoms with Gasteiger partial charge in [0.25, 0.3) is 0 Å². The fraction of sp³-hybridized carbons (Fsp3) is 0.543. The van der Waals surface area contributed by atoms with E-state index in [1.54, 1.807) is 11.0 Å². The molecule has 1 aliphatic heterocycles. The maximum Gasteiger partial charge on any atom is 0.249 e. The Morgan fingerprint density at radius 2 is 1.86 bits per heavy atom. The van der Waals surface area contributed by atoms with Crippen molar-refractivity contribution >= 4 is 11.8 Å². The number of carbonyl (C=O) groups is 2. The maximum absolute atomic E-state index is 14.1. The first-order chi connectivity index (χ1) is 20.7. The lowest BCUT2D eigenvalue weighted by Crippen LogP contribution is -2.56. The summed E-state index contributed by atoms with van der Waals surface area (Å²) in [6, 6.07) is 14.6. The minimum atomic E-state index is -1.08. The number of ether oxygens (including phenoxy) is 2. The first-order valence-electron chi connectivity index (χ1n) is 15.7. The lowest BCUT2D eigenvalue weighted by Gasteiger charge is -2.41. The van der Waals surface area contributed by atoms with Gasteiger partial charge >= 0.3 is 0 Å². The Morgan fingerprint density at radius 1 is 1.12 bits per heavy atom. The van der Waals surface area contributed by atoms with Crippen molar-refractivity contribution in [2.75, 3.05) is 19.8 Å². The van der Waals surface area contributed by atoms with Crippen LogP contribution in [-0.2, 0) is 20.9 Å². The van der Waals surface area contributed by atoms with E-state index in [1.807, 2.05) is 55.5 Å². The predicted octanol–water partition coefficient (Wildman–Crippen LogP) is 4.12. The summed E-state index contributed by atoms with van der Waals surface area (Å²) in [5.74, 6) is 0.912. The van der Waals surface area contributed by atoms with Gasteiger partial charge in [-0.15, -0.1) is 0 Å². The van der Waals surface area contributed by atoms with Crippen LogP contribution >= 0.6 is 0 Å². The Labute approximate surface area is 255 Å². The molecule has 2 aliphatic carbocycles. The van der Waals surface area contributed by atoms with Crippen LogP contribution in [-0.4, -0.2) is 71.0 Å². The zero-order chi connectivity index (χ0) is 30.7. The molecule has 8 heteroatoms. The summed E-state index contributed by atoms with van der Waals surface area (Å²) in [4.78, 5) is 29.2. The van der Waals surface area contributed by atoms with Gasteiger partial charge in [-0.1, -0.05) is 75.2 Å². The van der Waals surface area contributed by atoms with Crippen molar-refractivity contribution in [1.29, 1.82) is 0 Å². The molecular weight excluding hydrogens is 544 g/mol. The smallest absolute Gasteiger partial charge is 0.249 e. The summed E-state index contributed by atoms with van der Waals surface area (Å²) < 4.78 is 12.6. The van der Waals surface area contributed by atoms with Crippen LogP contribution in [0.2, 0.25) is 0 Å². The van der Waals surface area contributed by atoms with Gasteiger partial charge in [-0.3, -0.25) is 9.59 Å². The number of benzene rings is 2. The van der Waals surface area contributed by atoms with Crippen LogP contribution in [0.3, 0.4) is 0 Å². The zero-order valence-electron chi connectivity index (χ0n) is 25.7. The highest BCUT2D eigenvalue weighted by atomic mass is 16.5. The van der Waals surface area contributed by atoms with Crippen molar-refractivity contribution in [2.24, 2.45) is 17.8 Å². The number of carbonyl (C=O) groups excluding carboxylic acids is 2. The third-order valence-electron chi connectivity index (χ3n) is 9.41. The number of amides is 2. The maximum atomic E-state index is 14.1. The number of nitrogens with one attached hydrogen (secondary N) is 1. The van der Waals surface area contributed by atoms with Crippen molar-refractivity contribution in [1.82, 2.24) is 10.2 Å². The molecule has 7 unspecified atom stereocenters. The van der Waals surface area contributed by atoms with Crippen LogP contribution in [0.5, 0.6) is 5.75 Å². The summed E-state index contributed by atoms with van der Waals surface area (Å²) in [5, 5.41) is 24.0. The number of hydrogen-bond acceptors (Lipinski definition) is 6. The van der Waals surface area contributed by atoms with Crippen LogP contribution in [0.25, 0.3) is 0 Å². The van der Waals surface area contributed by atoms with E-state index < -0.39 is 24.2 Å². The summed E-state index contributed by atoms with van der Waals surface area (Å²) in [5.41, 5.74) is 3.26. The van der Waals surface area contributed by atoms with Gasteiger partial charge in [-0.2, -0.15) is 0 Å². The second kappa shape index (κ2) is 13.6. The SMILES string of the molecule is Cc1ccc(CN(C(=O)COC2CC(C)CCC2C(C)C)C2C=C(C(=O)NCCO)C3c4ccccc4OC3C2O)cc1. The fourth-order valence-corrected chi connectivity index (χ4v) is 7.01. The number of para-hydroxylation sites is 1. The van der Waals surface area contributed by atoms with Crippen LogP contribution in [0, 0.1) is 24.7 Å². The highest BCUT2D eigenvalue weighted by Gasteiger charge is 2.50. The van der Waals surface area contributed by atoms with Gasteiger partial charge in [-0.05, 0) is 55.2 Å². The average Bonchev–Trinajstić information content (AvgIpc) is 3.39. The van der Waals surface area contributed by atoms with E-state index >= 15 is 0 Å². The van der Waals surface area contributed by atoms with Crippen molar-refractivity contribution in [3.05, 3.63) is 76.9 Å². The van der Waals surface area contributed by atoms with Gasteiger partial charge in [-0.25, -0.2) is 0 Å². The molecule has 43 heavy (non-hydrogen) atoms. The quantitative estimate of drug-likeness (QED) is 0.384. The molecule has 3 aliphatic rings. The molecule has 2 aromatic rings. The topological polar surface area (TPSA) is 108 Å². The molecule has 1 saturated carbocycles. The second-order valence-electron chi connectivity index (χ2n) is 12.9. The largest absolute Gasteiger partial charge is 0.486 e. The number of nitrogens with zero attached hydrogens (tertiary/aromatic N) is 1. The summed E-state index contributed by atoms with van der Waals surface area (Å²) in [7, 11) is 0. The molecule has 2 aromatic carbocycles. The van der Waals surface area contributed by atoms with Crippen molar-refractivity contribution < 1.29 is 29.3 Å². The minimum Gasteiger partial charge on any atom is -0.486 e. The molecule has 0 bridgehead atoms. The highest BCUT2D eigenvalue weighted by molar-refractivity contribution is 5.96. The molecule has 2 amide bonds. The van der Waals surface area contributed by atoms with E-state index in [-0.39, 0.29) is 44.2 Å². The Hall–Kier alpha value is -3.20. The molecule has 0 saturated heterocycles. The predicted molar refractivity (Wildman–Crippen MR) is 164 cm³/mol. The minimum absolute atomic E-state index is 0.00221.